The van der Waals surface area contributed by atoms with E-state index in [1.54, 1.807) is 12.1 Å². The molecule has 0 atom stereocenters. The number of benzene rings is 2. The average molecular weight is 455 g/mol. The van der Waals surface area contributed by atoms with Crippen LogP contribution in [-0.4, -0.2) is 33.8 Å². The third kappa shape index (κ3) is 4.82. The lowest BCUT2D eigenvalue weighted by molar-refractivity contribution is -0.137. The largest absolute Gasteiger partial charge is 0.495 e. The van der Waals surface area contributed by atoms with Gasteiger partial charge in [-0.15, -0.1) is 0 Å². The second kappa shape index (κ2) is 7.92. The number of rotatable bonds is 5. The Hall–Kier alpha value is -1.88. The molecule has 1 aliphatic heterocycles. The van der Waals surface area contributed by atoms with E-state index in [-0.39, 0.29) is 11.3 Å². The van der Waals surface area contributed by atoms with E-state index in [1.807, 2.05) is 27.7 Å². The molecule has 3 rings (SSSR count). The Labute approximate surface area is 181 Å². The van der Waals surface area contributed by atoms with E-state index in [0.717, 1.165) is 12.1 Å². The van der Waals surface area contributed by atoms with E-state index in [4.69, 9.17) is 9.31 Å². The van der Waals surface area contributed by atoms with Gasteiger partial charge in [0.1, 0.15) is 0 Å². The van der Waals surface area contributed by atoms with Crippen LogP contribution in [0.2, 0.25) is 0 Å². The first-order valence-corrected chi connectivity index (χ1v) is 11.2. The van der Waals surface area contributed by atoms with Crippen LogP contribution in [0, 0.1) is 0 Å². The molecule has 31 heavy (non-hydrogen) atoms. The van der Waals surface area contributed by atoms with Gasteiger partial charge in [0.05, 0.1) is 21.7 Å². The maximum Gasteiger partial charge on any atom is 0.495 e. The van der Waals surface area contributed by atoms with Gasteiger partial charge in [0.15, 0.2) is 0 Å². The first-order valence-electron chi connectivity index (χ1n) is 9.74. The van der Waals surface area contributed by atoms with Gasteiger partial charge in [0.25, 0.3) is 0 Å². The lowest BCUT2D eigenvalue weighted by Gasteiger charge is -2.32. The number of sulfonamides is 1. The Morgan fingerprint density at radius 2 is 1.61 bits per heavy atom. The molecule has 0 amide bonds. The smallest absolute Gasteiger partial charge is 0.399 e. The first kappa shape index (κ1) is 23.8. The summed E-state index contributed by atoms with van der Waals surface area (Å²) in [6.45, 7) is 7.47. The Morgan fingerprint density at radius 1 is 1.00 bits per heavy atom. The van der Waals surface area contributed by atoms with Crippen LogP contribution in [0.25, 0.3) is 0 Å². The van der Waals surface area contributed by atoms with E-state index < -0.39 is 40.1 Å². The van der Waals surface area contributed by atoms with Crippen LogP contribution in [0.15, 0.2) is 47.4 Å². The second-order valence-electron chi connectivity index (χ2n) is 8.53. The average Bonchev–Trinajstić information content (AvgIpc) is 2.88. The van der Waals surface area contributed by atoms with Crippen LogP contribution in [0.4, 0.5) is 13.2 Å². The lowest BCUT2D eigenvalue weighted by atomic mass is 9.74. The predicted octanol–water partition coefficient (Wildman–Crippen LogP) is 3.50. The molecular formula is C21H25BF3NO4S. The fourth-order valence-corrected chi connectivity index (χ4v) is 4.05. The number of alkyl halides is 3. The molecule has 1 saturated heterocycles. The van der Waals surface area contributed by atoms with Crippen LogP contribution in [-0.2, 0) is 31.9 Å². The highest BCUT2D eigenvalue weighted by molar-refractivity contribution is 7.89. The molecule has 0 saturated carbocycles. The molecular weight excluding hydrogens is 430 g/mol. The van der Waals surface area contributed by atoms with Crippen molar-refractivity contribution >= 4 is 22.6 Å². The third-order valence-corrected chi connectivity index (χ3v) is 7.26. The maximum atomic E-state index is 13.1. The van der Waals surface area contributed by atoms with E-state index in [1.165, 1.54) is 25.2 Å². The molecule has 10 heteroatoms. The number of halogens is 3. The SMILES string of the molecule is CNS(=O)(=O)c1ccc(Cc2cccc(C(F)(F)F)c2)c(B2OC(C)(C)C(C)(C)O2)c1. The topological polar surface area (TPSA) is 64.6 Å². The molecule has 0 aromatic heterocycles. The highest BCUT2D eigenvalue weighted by Crippen LogP contribution is 2.37. The summed E-state index contributed by atoms with van der Waals surface area (Å²) in [7, 11) is -3.29. The lowest BCUT2D eigenvalue weighted by Crippen LogP contribution is -2.41. The van der Waals surface area contributed by atoms with Crippen molar-refractivity contribution in [2.24, 2.45) is 0 Å². The Balaban J connectivity index is 2.07. The minimum absolute atomic E-state index is 0.0208. The molecule has 0 radical (unpaired) electrons. The number of nitrogens with one attached hydrogen (secondary N) is 1. The highest BCUT2D eigenvalue weighted by atomic mass is 32.2. The molecule has 0 aliphatic carbocycles. The van der Waals surface area contributed by atoms with Gasteiger partial charge in [0.2, 0.25) is 10.0 Å². The van der Waals surface area contributed by atoms with Gasteiger partial charge in [-0.3, -0.25) is 0 Å². The quantitative estimate of drug-likeness (QED) is 0.702. The Bertz CT molecular complexity index is 1070. The Morgan fingerprint density at radius 3 is 2.16 bits per heavy atom. The molecule has 2 aromatic carbocycles. The molecule has 1 fully saturated rings. The highest BCUT2D eigenvalue weighted by Gasteiger charge is 2.52. The van der Waals surface area contributed by atoms with E-state index in [9.17, 15) is 21.6 Å². The molecule has 168 valence electrons. The molecule has 1 heterocycles. The Kier molecular flexibility index (Phi) is 6.07. The summed E-state index contributed by atoms with van der Waals surface area (Å²) in [5.74, 6) is 0. The normalized spacial score (nSPS) is 18.4. The van der Waals surface area contributed by atoms with Gasteiger partial charge < -0.3 is 9.31 Å². The monoisotopic (exact) mass is 455 g/mol. The van der Waals surface area contributed by atoms with Gasteiger partial charge in [0, 0.05) is 0 Å². The van der Waals surface area contributed by atoms with Crippen molar-refractivity contribution in [1.29, 1.82) is 0 Å². The fourth-order valence-electron chi connectivity index (χ4n) is 3.29. The summed E-state index contributed by atoms with van der Waals surface area (Å²) in [4.78, 5) is 0.0208. The molecule has 5 nitrogen and oxygen atoms in total. The van der Waals surface area contributed by atoms with E-state index in [0.29, 0.717) is 16.6 Å². The van der Waals surface area contributed by atoms with Crippen molar-refractivity contribution in [3.63, 3.8) is 0 Å². The van der Waals surface area contributed by atoms with Crippen LogP contribution in [0.5, 0.6) is 0 Å². The summed E-state index contributed by atoms with van der Waals surface area (Å²) in [6.07, 6.45) is -4.29. The minimum Gasteiger partial charge on any atom is -0.399 e. The van der Waals surface area contributed by atoms with Gasteiger partial charge in [-0.2, -0.15) is 13.2 Å². The molecule has 0 unspecified atom stereocenters. The second-order valence-corrected chi connectivity index (χ2v) is 10.4. The van der Waals surface area contributed by atoms with Crippen molar-refractivity contribution in [3.05, 3.63) is 59.2 Å². The van der Waals surface area contributed by atoms with Crippen LogP contribution in [0.3, 0.4) is 0 Å². The van der Waals surface area contributed by atoms with Gasteiger partial charge in [-0.1, -0.05) is 24.3 Å². The zero-order valence-corrected chi connectivity index (χ0v) is 18.8. The summed E-state index contributed by atoms with van der Waals surface area (Å²) in [5.41, 5.74) is -0.542. The summed E-state index contributed by atoms with van der Waals surface area (Å²) in [5, 5.41) is 0. The molecule has 1 aliphatic rings. The third-order valence-electron chi connectivity index (χ3n) is 5.85. The molecule has 1 N–H and O–H groups in total. The maximum absolute atomic E-state index is 13.1. The summed E-state index contributed by atoms with van der Waals surface area (Å²) < 4.78 is 78.4. The van der Waals surface area contributed by atoms with E-state index >= 15 is 0 Å². The van der Waals surface area contributed by atoms with Crippen molar-refractivity contribution in [2.45, 2.75) is 56.4 Å². The molecule has 0 bridgehead atoms. The van der Waals surface area contributed by atoms with Crippen molar-refractivity contribution < 1.29 is 30.9 Å². The van der Waals surface area contributed by atoms with Crippen molar-refractivity contribution in [2.75, 3.05) is 7.05 Å². The zero-order valence-electron chi connectivity index (χ0n) is 18.0. The summed E-state index contributed by atoms with van der Waals surface area (Å²) in [6, 6.07) is 9.52. The van der Waals surface area contributed by atoms with Crippen molar-refractivity contribution in [1.82, 2.24) is 4.72 Å². The van der Waals surface area contributed by atoms with Gasteiger partial charge in [-0.05, 0) is 76.0 Å². The predicted molar refractivity (Wildman–Crippen MR) is 113 cm³/mol. The van der Waals surface area contributed by atoms with E-state index in [2.05, 4.69) is 4.72 Å². The van der Waals surface area contributed by atoms with Gasteiger partial charge in [-0.25, -0.2) is 13.1 Å². The number of hydrogen-bond donors (Lipinski definition) is 1. The minimum atomic E-state index is -4.45. The first-order chi connectivity index (χ1) is 14.2. The van der Waals surface area contributed by atoms with Crippen LogP contribution in [0.1, 0.15) is 44.4 Å². The molecule has 2 aromatic rings. The number of hydrogen-bond acceptors (Lipinski definition) is 4. The molecule has 0 spiro atoms. The zero-order chi connectivity index (χ0) is 23.2. The standard InChI is InChI=1S/C21H25BF3NO4S/c1-19(2)20(3,4)30-22(29-19)18-13-17(31(27,28)26-5)10-9-15(18)11-14-7-6-8-16(12-14)21(23,24)25/h6-10,12-13,26H,11H2,1-5H3. The van der Waals surface area contributed by atoms with Crippen molar-refractivity contribution in [3.8, 4) is 0 Å². The fraction of sp³-hybridized carbons (Fsp3) is 0.429. The van der Waals surface area contributed by atoms with Crippen LogP contribution >= 0.6 is 0 Å². The summed E-state index contributed by atoms with van der Waals surface area (Å²) >= 11 is 0. The van der Waals surface area contributed by atoms with Gasteiger partial charge >= 0.3 is 13.3 Å². The van der Waals surface area contributed by atoms with Crippen LogP contribution < -0.4 is 10.2 Å².